The van der Waals surface area contributed by atoms with Crippen molar-refractivity contribution < 1.29 is 9.53 Å². The van der Waals surface area contributed by atoms with Gasteiger partial charge in [0, 0.05) is 23.1 Å². The second-order valence-corrected chi connectivity index (χ2v) is 7.96. The normalized spacial score (nSPS) is 20.1. The minimum Gasteiger partial charge on any atom is -0.490 e. The van der Waals surface area contributed by atoms with Gasteiger partial charge in [0.15, 0.2) is 0 Å². The molecule has 0 saturated carbocycles. The molecule has 2 heterocycles. The molecule has 142 valence electrons. The lowest BCUT2D eigenvalue weighted by atomic mass is 9.95. The Hall–Kier alpha value is -1.75. The van der Waals surface area contributed by atoms with Crippen LogP contribution in [0.15, 0.2) is 42.5 Å². The van der Waals surface area contributed by atoms with E-state index in [0.29, 0.717) is 23.2 Å². The van der Waals surface area contributed by atoms with Gasteiger partial charge in [0.2, 0.25) is 5.91 Å². The van der Waals surface area contributed by atoms with Crippen LogP contribution in [0, 0.1) is 5.92 Å². The molecule has 27 heavy (non-hydrogen) atoms. The molecule has 1 fully saturated rings. The highest BCUT2D eigenvalue weighted by atomic mass is 35.5. The number of carbonyl (C=O) groups excluding carboxylic acids is 1. The predicted molar refractivity (Wildman–Crippen MR) is 109 cm³/mol. The third kappa shape index (κ3) is 4.08. The predicted octanol–water partition coefficient (Wildman–Crippen LogP) is 4.63. The van der Waals surface area contributed by atoms with E-state index >= 15 is 0 Å². The summed E-state index contributed by atoms with van der Waals surface area (Å²) in [5.74, 6) is 0.978. The molecule has 0 aliphatic carbocycles. The Morgan fingerprint density at radius 2 is 2.00 bits per heavy atom. The van der Waals surface area contributed by atoms with E-state index in [2.05, 4.69) is 4.90 Å². The number of halogens is 2. The zero-order valence-electron chi connectivity index (χ0n) is 15.0. The highest BCUT2D eigenvalue weighted by molar-refractivity contribution is 6.35. The van der Waals surface area contributed by atoms with Crippen LogP contribution in [0.2, 0.25) is 10.0 Å². The van der Waals surface area contributed by atoms with Crippen LogP contribution in [0.4, 0.5) is 5.69 Å². The van der Waals surface area contributed by atoms with Crippen molar-refractivity contribution in [2.24, 2.45) is 5.92 Å². The van der Waals surface area contributed by atoms with Crippen LogP contribution in [-0.4, -0.2) is 37.0 Å². The van der Waals surface area contributed by atoms with E-state index in [0.717, 1.165) is 49.5 Å². The maximum atomic E-state index is 13.2. The second-order valence-electron chi connectivity index (χ2n) is 7.12. The van der Waals surface area contributed by atoms with Crippen LogP contribution in [0.5, 0.6) is 5.75 Å². The zero-order valence-corrected chi connectivity index (χ0v) is 16.5. The molecule has 1 amide bonds. The van der Waals surface area contributed by atoms with Crippen LogP contribution in [0.25, 0.3) is 0 Å². The number of likely N-dealkylation sites (tertiary alicyclic amines) is 1. The van der Waals surface area contributed by atoms with Crippen LogP contribution in [-0.2, 0) is 11.3 Å². The van der Waals surface area contributed by atoms with E-state index in [1.807, 2.05) is 41.3 Å². The SMILES string of the molecule is O=C(C1CCCN(Cc2ccc(Cl)cc2Cl)C1)N1CCOc2ccccc21. The first-order valence-corrected chi connectivity index (χ1v) is 10.1. The lowest BCUT2D eigenvalue weighted by Crippen LogP contribution is -2.47. The minimum absolute atomic E-state index is 0.00372. The van der Waals surface area contributed by atoms with Crippen molar-refractivity contribution in [2.45, 2.75) is 19.4 Å². The molecule has 2 aromatic carbocycles. The van der Waals surface area contributed by atoms with Gasteiger partial charge >= 0.3 is 0 Å². The molecule has 2 aliphatic rings. The molecule has 0 aromatic heterocycles. The van der Waals surface area contributed by atoms with Crippen molar-refractivity contribution in [3.63, 3.8) is 0 Å². The van der Waals surface area contributed by atoms with Crippen molar-refractivity contribution in [1.82, 2.24) is 4.90 Å². The van der Waals surface area contributed by atoms with Crippen molar-refractivity contribution in [2.75, 3.05) is 31.1 Å². The Kier molecular flexibility index (Phi) is 5.58. The number of rotatable bonds is 3. The molecular formula is C21H22Cl2N2O2. The lowest BCUT2D eigenvalue weighted by Gasteiger charge is -2.37. The summed E-state index contributed by atoms with van der Waals surface area (Å²) in [5.41, 5.74) is 1.93. The van der Waals surface area contributed by atoms with Crippen molar-refractivity contribution in [3.05, 3.63) is 58.1 Å². The maximum Gasteiger partial charge on any atom is 0.231 e. The monoisotopic (exact) mass is 404 g/mol. The number of hydrogen-bond donors (Lipinski definition) is 0. The fraction of sp³-hybridized carbons (Fsp3) is 0.381. The molecule has 4 nitrogen and oxygen atoms in total. The van der Waals surface area contributed by atoms with Gasteiger partial charge in [-0.3, -0.25) is 9.69 Å². The summed E-state index contributed by atoms with van der Waals surface area (Å²) in [6, 6.07) is 13.4. The maximum absolute atomic E-state index is 13.2. The minimum atomic E-state index is -0.00372. The molecule has 1 saturated heterocycles. The van der Waals surface area contributed by atoms with E-state index in [9.17, 15) is 4.79 Å². The average Bonchev–Trinajstić information content (AvgIpc) is 2.69. The summed E-state index contributed by atoms with van der Waals surface area (Å²) in [6.07, 6.45) is 1.93. The van der Waals surface area contributed by atoms with Crippen LogP contribution in [0.3, 0.4) is 0 Å². The van der Waals surface area contributed by atoms with Gasteiger partial charge < -0.3 is 9.64 Å². The van der Waals surface area contributed by atoms with Gasteiger partial charge in [-0.15, -0.1) is 0 Å². The van der Waals surface area contributed by atoms with E-state index in [1.54, 1.807) is 6.07 Å². The average molecular weight is 405 g/mol. The molecule has 0 N–H and O–H groups in total. The first-order chi connectivity index (χ1) is 13.1. The molecule has 1 unspecified atom stereocenters. The Labute approximate surface area is 169 Å². The topological polar surface area (TPSA) is 32.8 Å². The van der Waals surface area contributed by atoms with Gasteiger partial charge in [-0.1, -0.05) is 41.4 Å². The van der Waals surface area contributed by atoms with Gasteiger partial charge in [0.25, 0.3) is 0 Å². The molecule has 1 atom stereocenters. The molecular weight excluding hydrogens is 383 g/mol. The number of piperidine rings is 1. The number of fused-ring (bicyclic) bond motifs is 1. The Morgan fingerprint density at radius 1 is 1.15 bits per heavy atom. The smallest absolute Gasteiger partial charge is 0.231 e. The Balaban J connectivity index is 1.46. The van der Waals surface area contributed by atoms with Gasteiger partial charge in [0.05, 0.1) is 18.2 Å². The number of amides is 1. The highest BCUT2D eigenvalue weighted by Gasteiger charge is 2.32. The molecule has 0 bridgehead atoms. The molecule has 4 rings (SSSR count). The molecule has 2 aromatic rings. The fourth-order valence-corrected chi connectivity index (χ4v) is 4.38. The number of hydrogen-bond acceptors (Lipinski definition) is 3. The summed E-state index contributed by atoms with van der Waals surface area (Å²) in [6.45, 7) is 3.61. The van der Waals surface area contributed by atoms with Crippen LogP contribution in [0.1, 0.15) is 18.4 Å². The highest BCUT2D eigenvalue weighted by Crippen LogP contribution is 2.33. The Morgan fingerprint density at radius 3 is 2.85 bits per heavy atom. The van der Waals surface area contributed by atoms with Crippen LogP contribution < -0.4 is 9.64 Å². The van der Waals surface area contributed by atoms with Crippen molar-refractivity contribution in [1.29, 1.82) is 0 Å². The second kappa shape index (κ2) is 8.09. The van der Waals surface area contributed by atoms with Gasteiger partial charge in [-0.25, -0.2) is 0 Å². The summed E-state index contributed by atoms with van der Waals surface area (Å²) in [4.78, 5) is 17.4. The quantitative estimate of drug-likeness (QED) is 0.747. The third-order valence-corrected chi connectivity index (χ3v) is 5.85. The van der Waals surface area contributed by atoms with E-state index in [-0.39, 0.29) is 11.8 Å². The number of anilines is 1. The van der Waals surface area contributed by atoms with E-state index in [1.165, 1.54) is 0 Å². The number of nitrogens with zero attached hydrogens (tertiary/aromatic N) is 2. The van der Waals surface area contributed by atoms with Crippen molar-refractivity contribution >= 4 is 34.8 Å². The number of benzene rings is 2. The van der Waals surface area contributed by atoms with E-state index < -0.39 is 0 Å². The summed E-state index contributed by atoms with van der Waals surface area (Å²) in [7, 11) is 0. The molecule has 2 aliphatic heterocycles. The third-order valence-electron chi connectivity index (χ3n) is 5.26. The summed E-state index contributed by atoms with van der Waals surface area (Å²) in [5, 5.41) is 1.32. The van der Waals surface area contributed by atoms with Crippen LogP contribution >= 0.6 is 23.2 Å². The summed E-state index contributed by atoms with van der Waals surface area (Å²) >= 11 is 12.3. The Bertz CT molecular complexity index is 843. The summed E-state index contributed by atoms with van der Waals surface area (Å²) < 4.78 is 5.68. The number of para-hydroxylation sites is 2. The first-order valence-electron chi connectivity index (χ1n) is 9.31. The zero-order chi connectivity index (χ0) is 18.8. The largest absolute Gasteiger partial charge is 0.490 e. The van der Waals surface area contributed by atoms with Gasteiger partial charge in [-0.2, -0.15) is 0 Å². The molecule has 0 radical (unpaired) electrons. The molecule has 0 spiro atoms. The van der Waals surface area contributed by atoms with Gasteiger partial charge in [-0.05, 0) is 49.2 Å². The number of carbonyl (C=O) groups is 1. The number of ether oxygens (including phenoxy) is 1. The fourth-order valence-electron chi connectivity index (χ4n) is 3.91. The van der Waals surface area contributed by atoms with Crippen molar-refractivity contribution in [3.8, 4) is 5.75 Å². The molecule has 6 heteroatoms. The first kappa shape index (κ1) is 18.6. The standard InChI is InChI=1S/C21H22Cl2N2O2/c22-17-8-7-15(18(23)12-17)13-24-9-3-4-16(14-24)21(26)25-10-11-27-20-6-2-1-5-19(20)25/h1-2,5-8,12,16H,3-4,9-11,13-14H2. The van der Waals surface area contributed by atoms with E-state index in [4.69, 9.17) is 27.9 Å². The van der Waals surface area contributed by atoms with Gasteiger partial charge in [0.1, 0.15) is 12.4 Å². The lowest BCUT2D eigenvalue weighted by molar-refractivity contribution is -0.124.